The lowest BCUT2D eigenvalue weighted by Crippen LogP contribution is -2.55. The number of hydrogen-bond donors (Lipinski definition) is 2. The second-order valence-electron chi connectivity index (χ2n) is 6.09. The van der Waals surface area contributed by atoms with E-state index in [1.807, 2.05) is 19.1 Å². The average molecular weight is 296 g/mol. The van der Waals surface area contributed by atoms with Crippen LogP contribution in [0.4, 0.5) is 0 Å². The molecule has 1 aromatic carbocycles. The highest BCUT2D eigenvalue weighted by molar-refractivity contribution is 7.89. The monoisotopic (exact) mass is 296 g/mol. The molecule has 1 aromatic rings. The average Bonchev–Trinajstić information content (AvgIpc) is 2.42. The maximum atomic E-state index is 12.5. The first-order chi connectivity index (χ1) is 9.37. The summed E-state index contributed by atoms with van der Waals surface area (Å²) in [6.07, 6.45) is 3.67. The quantitative estimate of drug-likeness (QED) is 0.894. The molecule has 1 aliphatic carbocycles. The van der Waals surface area contributed by atoms with Crippen molar-refractivity contribution < 1.29 is 8.42 Å². The fraction of sp³-hybridized carbons (Fsp3) is 0.600. The third kappa shape index (κ3) is 3.40. The molecule has 0 spiro atoms. The Morgan fingerprint density at radius 1 is 1.25 bits per heavy atom. The Balaban J connectivity index is 2.20. The van der Waals surface area contributed by atoms with Gasteiger partial charge < -0.3 is 5.73 Å². The summed E-state index contributed by atoms with van der Waals surface area (Å²) in [6.45, 7) is 4.49. The first-order valence-corrected chi connectivity index (χ1v) is 8.66. The van der Waals surface area contributed by atoms with Crippen LogP contribution >= 0.6 is 0 Å². The molecule has 0 aromatic heterocycles. The standard InChI is InChI=1S/C15H24N2O2S/c1-12-3-5-14(6-4-12)20(18,19)17-15(11-16)9-7-13(2)8-10-15/h3-6,13,17H,7-11,16H2,1-2H3. The van der Waals surface area contributed by atoms with Crippen molar-refractivity contribution in [2.75, 3.05) is 6.54 Å². The lowest BCUT2D eigenvalue weighted by atomic mass is 9.78. The van der Waals surface area contributed by atoms with Crippen LogP contribution in [-0.4, -0.2) is 20.5 Å². The SMILES string of the molecule is Cc1ccc(S(=O)(=O)NC2(CN)CCC(C)CC2)cc1. The predicted octanol–water partition coefficient (Wildman–Crippen LogP) is 2.18. The number of hydrogen-bond acceptors (Lipinski definition) is 3. The van der Waals surface area contributed by atoms with E-state index in [2.05, 4.69) is 11.6 Å². The van der Waals surface area contributed by atoms with E-state index in [1.165, 1.54) is 0 Å². The number of sulfonamides is 1. The van der Waals surface area contributed by atoms with Crippen LogP contribution in [0.25, 0.3) is 0 Å². The highest BCUT2D eigenvalue weighted by Crippen LogP contribution is 2.32. The Hall–Kier alpha value is -0.910. The van der Waals surface area contributed by atoms with Crippen LogP contribution in [-0.2, 0) is 10.0 Å². The molecule has 1 aliphatic rings. The van der Waals surface area contributed by atoms with E-state index in [0.29, 0.717) is 17.4 Å². The molecule has 4 nitrogen and oxygen atoms in total. The molecule has 1 fully saturated rings. The number of nitrogens with two attached hydrogens (primary N) is 1. The third-order valence-corrected chi connectivity index (χ3v) is 5.90. The van der Waals surface area contributed by atoms with Gasteiger partial charge in [-0.05, 0) is 50.7 Å². The molecule has 2 rings (SSSR count). The molecule has 0 unspecified atom stereocenters. The lowest BCUT2D eigenvalue weighted by molar-refractivity contribution is 0.231. The highest BCUT2D eigenvalue weighted by atomic mass is 32.2. The topological polar surface area (TPSA) is 72.2 Å². The maximum absolute atomic E-state index is 12.5. The number of nitrogens with one attached hydrogen (secondary N) is 1. The van der Waals surface area contributed by atoms with Crippen LogP contribution in [0.2, 0.25) is 0 Å². The van der Waals surface area contributed by atoms with Gasteiger partial charge in [0.1, 0.15) is 0 Å². The third-order valence-electron chi connectivity index (χ3n) is 4.30. The van der Waals surface area contributed by atoms with Crippen LogP contribution in [0.1, 0.15) is 38.2 Å². The van der Waals surface area contributed by atoms with Crippen molar-refractivity contribution in [2.45, 2.75) is 50.0 Å². The first-order valence-electron chi connectivity index (χ1n) is 7.18. The van der Waals surface area contributed by atoms with Gasteiger partial charge in [-0.15, -0.1) is 0 Å². The molecule has 5 heteroatoms. The molecule has 0 heterocycles. The fourth-order valence-corrected chi connectivity index (χ4v) is 4.19. The summed E-state index contributed by atoms with van der Waals surface area (Å²) in [5.74, 6) is 0.651. The second kappa shape index (κ2) is 5.84. The molecule has 0 bridgehead atoms. The van der Waals surface area contributed by atoms with Crippen molar-refractivity contribution in [2.24, 2.45) is 11.7 Å². The van der Waals surface area contributed by atoms with Crippen LogP contribution in [0.3, 0.4) is 0 Å². The first kappa shape index (κ1) is 15.5. The minimum absolute atomic E-state index is 0.314. The van der Waals surface area contributed by atoms with Gasteiger partial charge in [-0.25, -0.2) is 13.1 Å². The minimum Gasteiger partial charge on any atom is -0.329 e. The molecule has 20 heavy (non-hydrogen) atoms. The van der Waals surface area contributed by atoms with Crippen LogP contribution < -0.4 is 10.5 Å². The van der Waals surface area contributed by atoms with Gasteiger partial charge in [0.15, 0.2) is 0 Å². The number of aryl methyl sites for hydroxylation is 1. The predicted molar refractivity (Wildman–Crippen MR) is 80.9 cm³/mol. The highest BCUT2D eigenvalue weighted by Gasteiger charge is 2.36. The van der Waals surface area contributed by atoms with Gasteiger partial charge in [-0.2, -0.15) is 0 Å². The summed E-state index contributed by atoms with van der Waals surface area (Å²) in [4.78, 5) is 0.314. The van der Waals surface area contributed by atoms with Crippen molar-refractivity contribution in [3.05, 3.63) is 29.8 Å². The van der Waals surface area contributed by atoms with Crippen molar-refractivity contribution >= 4 is 10.0 Å². The minimum atomic E-state index is -3.49. The van der Waals surface area contributed by atoms with Crippen LogP contribution in [0.15, 0.2) is 29.2 Å². The second-order valence-corrected chi connectivity index (χ2v) is 7.77. The Morgan fingerprint density at radius 2 is 1.80 bits per heavy atom. The van der Waals surface area contributed by atoms with Crippen LogP contribution in [0.5, 0.6) is 0 Å². The van der Waals surface area contributed by atoms with Gasteiger partial charge in [-0.1, -0.05) is 24.6 Å². The van der Waals surface area contributed by atoms with Gasteiger partial charge in [0.2, 0.25) is 10.0 Å². The lowest BCUT2D eigenvalue weighted by Gasteiger charge is -2.38. The smallest absolute Gasteiger partial charge is 0.241 e. The maximum Gasteiger partial charge on any atom is 0.241 e. The van der Waals surface area contributed by atoms with E-state index in [1.54, 1.807) is 12.1 Å². The molecule has 0 radical (unpaired) electrons. The molecule has 0 aliphatic heterocycles. The molecule has 0 atom stereocenters. The molecular formula is C15H24N2O2S. The van der Waals surface area contributed by atoms with Gasteiger partial charge in [0, 0.05) is 12.1 Å². The fourth-order valence-electron chi connectivity index (χ4n) is 2.72. The largest absolute Gasteiger partial charge is 0.329 e. The van der Waals surface area contributed by atoms with Gasteiger partial charge in [-0.3, -0.25) is 0 Å². The summed E-state index contributed by atoms with van der Waals surface area (Å²) in [5.41, 5.74) is 6.44. The zero-order valence-electron chi connectivity index (χ0n) is 12.2. The van der Waals surface area contributed by atoms with Crippen molar-refractivity contribution in [1.29, 1.82) is 0 Å². The molecule has 1 saturated carbocycles. The van der Waals surface area contributed by atoms with Gasteiger partial charge in [0.05, 0.1) is 4.90 Å². The van der Waals surface area contributed by atoms with Crippen molar-refractivity contribution in [3.8, 4) is 0 Å². The molecule has 0 amide bonds. The Bertz CT molecular complexity index is 544. The molecular weight excluding hydrogens is 272 g/mol. The molecule has 112 valence electrons. The normalized spacial score (nSPS) is 27.4. The number of rotatable bonds is 4. The number of benzene rings is 1. The van der Waals surface area contributed by atoms with Crippen molar-refractivity contribution in [3.63, 3.8) is 0 Å². The Kier molecular flexibility index (Phi) is 4.52. The van der Waals surface area contributed by atoms with Gasteiger partial charge in [0.25, 0.3) is 0 Å². The summed E-state index contributed by atoms with van der Waals surface area (Å²) >= 11 is 0. The molecule has 0 saturated heterocycles. The van der Waals surface area contributed by atoms with Crippen molar-refractivity contribution in [1.82, 2.24) is 4.72 Å². The van der Waals surface area contributed by atoms with E-state index in [9.17, 15) is 8.42 Å². The van der Waals surface area contributed by atoms with E-state index < -0.39 is 15.6 Å². The summed E-state index contributed by atoms with van der Waals surface area (Å²) < 4.78 is 27.8. The van der Waals surface area contributed by atoms with Crippen LogP contribution in [0, 0.1) is 12.8 Å². The Labute approximate surface area is 121 Å². The summed E-state index contributed by atoms with van der Waals surface area (Å²) in [7, 11) is -3.49. The summed E-state index contributed by atoms with van der Waals surface area (Å²) in [6, 6.07) is 6.92. The zero-order chi connectivity index (χ0) is 14.8. The van der Waals surface area contributed by atoms with Gasteiger partial charge >= 0.3 is 0 Å². The van der Waals surface area contributed by atoms with E-state index in [0.717, 1.165) is 31.2 Å². The van der Waals surface area contributed by atoms with E-state index >= 15 is 0 Å². The molecule has 3 N–H and O–H groups in total. The van der Waals surface area contributed by atoms with E-state index in [4.69, 9.17) is 5.73 Å². The zero-order valence-corrected chi connectivity index (χ0v) is 13.0. The van der Waals surface area contributed by atoms with E-state index in [-0.39, 0.29) is 0 Å². The summed E-state index contributed by atoms with van der Waals surface area (Å²) in [5, 5.41) is 0. The Morgan fingerprint density at radius 3 is 2.30 bits per heavy atom.